The van der Waals surface area contributed by atoms with Gasteiger partial charge in [0, 0.05) is 30.1 Å². The number of anilines is 1. The molecule has 0 amide bonds. The smallest absolute Gasteiger partial charge is 0.121 e. The van der Waals surface area contributed by atoms with E-state index in [1.807, 2.05) is 29.1 Å². The molecule has 0 fully saturated rings. The zero-order chi connectivity index (χ0) is 15.2. The largest absolute Gasteiger partial charge is 0.493 e. The lowest BCUT2D eigenvalue weighted by Gasteiger charge is -2.15. The van der Waals surface area contributed by atoms with Gasteiger partial charge in [-0.25, -0.2) is 0 Å². The van der Waals surface area contributed by atoms with E-state index < -0.39 is 0 Å². The minimum absolute atomic E-state index is 0.214. The standard InChI is InChI=1S/C17H25N3O/c1-5-20-11-15(10-18-20)14(4)19-16-7-6-8-17(9-16)21-12-13(2)3/h6-11,13-14,19H,5,12H2,1-4H3. The third-order valence-corrected chi connectivity index (χ3v) is 3.28. The van der Waals surface area contributed by atoms with Crippen LogP contribution >= 0.6 is 0 Å². The Hall–Kier alpha value is -1.97. The van der Waals surface area contributed by atoms with Crippen molar-refractivity contribution in [2.45, 2.75) is 40.3 Å². The van der Waals surface area contributed by atoms with Gasteiger partial charge in [0.2, 0.25) is 0 Å². The summed E-state index contributed by atoms with van der Waals surface area (Å²) in [4.78, 5) is 0. The Morgan fingerprint density at radius 2 is 2.10 bits per heavy atom. The van der Waals surface area contributed by atoms with E-state index in [1.54, 1.807) is 0 Å². The highest BCUT2D eigenvalue weighted by atomic mass is 16.5. The Kier molecular flexibility index (Phi) is 5.26. The molecule has 0 bridgehead atoms. The molecule has 0 spiro atoms. The molecular weight excluding hydrogens is 262 g/mol. The van der Waals surface area contributed by atoms with Gasteiger partial charge >= 0.3 is 0 Å². The summed E-state index contributed by atoms with van der Waals surface area (Å²) in [5.74, 6) is 1.44. The van der Waals surface area contributed by atoms with Gasteiger partial charge in [0.15, 0.2) is 0 Å². The van der Waals surface area contributed by atoms with E-state index in [2.05, 4.69) is 50.4 Å². The Balaban J connectivity index is 1.99. The maximum Gasteiger partial charge on any atom is 0.121 e. The zero-order valence-electron chi connectivity index (χ0n) is 13.3. The molecule has 0 aliphatic heterocycles. The first kappa shape index (κ1) is 15.4. The lowest BCUT2D eigenvalue weighted by atomic mass is 10.2. The second-order valence-corrected chi connectivity index (χ2v) is 5.73. The molecule has 0 aliphatic rings. The molecule has 1 atom stereocenters. The third kappa shape index (κ3) is 4.52. The summed E-state index contributed by atoms with van der Waals surface area (Å²) in [6.45, 7) is 10.2. The number of aryl methyl sites for hydroxylation is 1. The van der Waals surface area contributed by atoms with E-state index in [9.17, 15) is 0 Å². The maximum atomic E-state index is 5.76. The first-order valence-electron chi connectivity index (χ1n) is 7.60. The van der Waals surface area contributed by atoms with Gasteiger partial charge in [0.1, 0.15) is 5.75 Å². The molecule has 4 heteroatoms. The predicted octanol–water partition coefficient (Wildman–Crippen LogP) is 4.11. The Labute approximate surface area is 127 Å². The lowest BCUT2D eigenvalue weighted by molar-refractivity contribution is 0.271. The van der Waals surface area contributed by atoms with E-state index in [-0.39, 0.29) is 6.04 Å². The summed E-state index contributed by atoms with van der Waals surface area (Å²) in [7, 11) is 0. The average molecular weight is 287 g/mol. The summed E-state index contributed by atoms with van der Waals surface area (Å²) < 4.78 is 7.70. The Morgan fingerprint density at radius 1 is 1.29 bits per heavy atom. The van der Waals surface area contributed by atoms with Crippen molar-refractivity contribution in [3.05, 3.63) is 42.2 Å². The van der Waals surface area contributed by atoms with Crippen LogP contribution in [-0.4, -0.2) is 16.4 Å². The number of nitrogens with zero attached hydrogens (tertiary/aromatic N) is 2. The van der Waals surface area contributed by atoms with Crippen molar-refractivity contribution in [3.63, 3.8) is 0 Å². The molecule has 1 N–H and O–H groups in total. The quantitative estimate of drug-likeness (QED) is 0.833. The highest BCUT2D eigenvalue weighted by Crippen LogP contribution is 2.23. The van der Waals surface area contributed by atoms with Crippen LogP contribution in [0.15, 0.2) is 36.7 Å². The van der Waals surface area contributed by atoms with E-state index in [0.717, 1.165) is 24.6 Å². The van der Waals surface area contributed by atoms with Crippen LogP contribution in [0, 0.1) is 5.92 Å². The summed E-state index contributed by atoms with van der Waals surface area (Å²) in [5, 5.41) is 7.81. The minimum Gasteiger partial charge on any atom is -0.493 e. The van der Waals surface area contributed by atoms with Crippen LogP contribution in [0.1, 0.15) is 39.3 Å². The molecular formula is C17H25N3O. The van der Waals surface area contributed by atoms with Crippen molar-refractivity contribution >= 4 is 5.69 Å². The van der Waals surface area contributed by atoms with Crippen LogP contribution in [0.25, 0.3) is 0 Å². The van der Waals surface area contributed by atoms with Crippen molar-refractivity contribution in [2.75, 3.05) is 11.9 Å². The van der Waals surface area contributed by atoms with Crippen LogP contribution in [0.2, 0.25) is 0 Å². The molecule has 114 valence electrons. The fourth-order valence-electron chi connectivity index (χ4n) is 2.05. The van der Waals surface area contributed by atoms with Crippen LogP contribution in [0.5, 0.6) is 5.75 Å². The van der Waals surface area contributed by atoms with E-state index in [0.29, 0.717) is 5.92 Å². The number of hydrogen-bond donors (Lipinski definition) is 1. The first-order valence-corrected chi connectivity index (χ1v) is 7.60. The molecule has 4 nitrogen and oxygen atoms in total. The van der Waals surface area contributed by atoms with Gasteiger partial charge in [-0.05, 0) is 31.9 Å². The van der Waals surface area contributed by atoms with Crippen LogP contribution in [0.3, 0.4) is 0 Å². The number of nitrogens with one attached hydrogen (secondary N) is 1. The number of aromatic nitrogens is 2. The second-order valence-electron chi connectivity index (χ2n) is 5.73. The molecule has 1 unspecified atom stereocenters. The molecule has 2 aromatic rings. The summed E-state index contributed by atoms with van der Waals surface area (Å²) >= 11 is 0. The van der Waals surface area contributed by atoms with E-state index in [1.165, 1.54) is 5.56 Å². The van der Waals surface area contributed by atoms with Gasteiger partial charge in [-0.2, -0.15) is 5.10 Å². The van der Waals surface area contributed by atoms with Gasteiger partial charge in [-0.1, -0.05) is 19.9 Å². The van der Waals surface area contributed by atoms with Crippen LogP contribution in [-0.2, 0) is 6.54 Å². The van der Waals surface area contributed by atoms with Crippen LogP contribution < -0.4 is 10.1 Å². The monoisotopic (exact) mass is 287 g/mol. The first-order chi connectivity index (χ1) is 10.1. The van der Waals surface area contributed by atoms with Gasteiger partial charge in [0.25, 0.3) is 0 Å². The molecule has 0 radical (unpaired) electrons. The Bertz CT molecular complexity index is 563. The van der Waals surface area contributed by atoms with Crippen molar-refractivity contribution in [1.29, 1.82) is 0 Å². The molecule has 2 rings (SSSR count). The van der Waals surface area contributed by atoms with Crippen molar-refractivity contribution in [3.8, 4) is 5.75 Å². The highest BCUT2D eigenvalue weighted by Gasteiger charge is 2.08. The predicted molar refractivity (Wildman–Crippen MR) is 86.7 cm³/mol. The van der Waals surface area contributed by atoms with E-state index in [4.69, 9.17) is 4.74 Å². The molecule has 1 heterocycles. The van der Waals surface area contributed by atoms with Crippen molar-refractivity contribution < 1.29 is 4.74 Å². The SMILES string of the molecule is CCn1cc(C(C)Nc2cccc(OCC(C)C)c2)cn1. The fraction of sp³-hybridized carbons (Fsp3) is 0.471. The van der Waals surface area contributed by atoms with Crippen molar-refractivity contribution in [1.82, 2.24) is 9.78 Å². The molecule has 1 aromatic heterocycles. The number of rotatable bonds is 7. The van der Waals surface area contributed by atoms with Gasteiger partial charge in [0.05, 0.1) is 18.8 Å². The van der Waals surface area contributed by atoms with Gasteiger partial charge < -0.3 is 10.1 Å². The molecule has 1 aromatic carbocycles. The average Bonchev–Trinajstić information content (AvgIpc) is 2.94. The minimum atomic E-state index is 0.214. The zero-order valence-corrected chi connectivity index (χ0v) is 13.3. The van der Waals surface area contributed by atoms with Gasteiger partial charge in [-0.3, -0.25) is 4.68 Å². The molecule has 0 saturated heterocycles. The Morgan fingerprint density at radius 3 is 2.76 bits per heavy atom. The fourth-order valence-corrected chi connectivity index (χ4v) is 2.05. The summed E-state index contributed by atoms with van der Waals surface area (Å²) in [5.41, 5.74) is 2.25. The highest BCUT2D eigenvalue weighted by molar-refractivity contribution is 5.49. The number of hydrogen-bond acceptors (Lipinski definition) is 3. The summed E-state index contributed by atoms with van der Waals surface area (Å²) in [6.07, 6.45) is 4.00. The topological polar surface area (TPSA) is 39.1 Å². The summed E-state index contributed by atoms with van der Waals surface area (Å²) in [6, 6.07) is 8.32. The van der Waals surface area contributed by atoms with Crippen LogP contribution in [0.4, 0.5) is 5.69 Å². The van der Waals surface area contributed by atoms with E-state index >= 15 is 0 Å². The lowest BCUT2D eigenvalue weighted by Crippen LogP contribution is -2.07. The number of benzene rings is 1. The molecule has 0 aliphatic carbocycles. The second kappa shape index (κ2) is 7.16. The molecule has 21 heavy (non-hydrogen) atoms. The normalized spacial score (nSPS) is 12.4. The number of ether oxygens (including phenoxy) is 1. The molecule has 0 saturated carbocycles. The van der Waals surface area contributed by atoms with Gasteiger partial charge in [-0.15, -0.1) is 0 Å². The maximum absolute atomic E-state index is 5.76. The third-order valence-electron chi connectivity index (χ3n) is 3.28. The van der Waals surface area contributed by atoms with Crippen molar-refractivity contribution in [2.24, 2.45) is 5.92 Å².